The van der Waals surface area contributed by atoms with Gasteiger partial charge >= 0.3 is 0 Å². The maximum atomic E-state index is 4.13. The van der Waals surface area contributed by atoms with E-state index >= 15 is 0 Å². The zero-order chi connectivity index (χ0) is 9.61. The Morgan fingerprint density at radius 3 is 2.07 bits per heavy atom. The largest absolute Gasteiger partial charge is 0.412 e. The molecule has 0 aliphatic heterocycles. The summed E-state index contributed by atoms with van der Waals surface area (Å²) in [6, 6.07) is 0. The molecule has 1 heteroatoms. The van der Waals surface area contributed by atoms with Crippen molar-refractivity contribution in [1.82, 2.24) is 0 Å². The molecule has 0 atom stereocenters. The van der Waals surface area contributed by atoms with Crippen molar-refractivity contribution in [3.63, 3.8) is 0 Å². The average Bonchev–Trinajstić information content (AvgIpc) is 2.19. The van der Waals surface area contributed by atoms with Crippen molar-refractivity contribution in [2.45, 2.75) is 67.2 Å². The third-order valence-electron chi connectivity index (χ3n) is 2.74. The Bertz CT molecular complexity index is 136. The summed E-state index contributed by atoms with van der Waals surface area (Å²) in [7, 11) is 0. The lowest BCUT2D eigenvalue weighted by Crippen LogP contribution is -2.11. The Hall–Kier alpha value is -0.300. The van der Waals surface area contributed by atoms with Crippen LogP contribution in [-0.2, 0) is 0 Å². The van der Waals surface area contributed by atoms with Gasteiger partial charge in [0, 0.05) is 0 Å². The van der Waals surface area contributed by atoms with Crippen LogP contribution < -0.4 is 0 Å². The van der Waals surface area contributed by atoms with E-state index in [4.69, 9.17) is 0 Å². The number of hydrogen-bond donors (Lipinski definition) is 0. The van der Waals surface area contributed by atoms with Gasteiger partial charge in [-0.3, -0.25) is 0 Å². The van der Waals surface area contributed by atoms with Gasteiger partial charge in [0.25, 0.3) is 0 Å². The lowest BCUT2D eigenvalue weighted by Gasteiger charge is -2.24. The third kappa shape index (κ3) is 6.20. The van der Waals surface area contributed by atoms with Gasteiger partial charge in [0.1, 0.15) is 0 Å². The predicted molar refractivity (Wildman–Crippen MR) is 67.7 cm³/mol. The van der Waals surface area contributed by atoms with Crippen molar-refractivity contribution < 1.29 is 5.48 Å². The van der Waals surface area contributed by atoms with Crippen LogP contribution >= 0.6 is 0 Å². The first-order valence-electron chi connectivity index (χ1n) is 5.31. The molecule has 0 unspecified atom stereocenters. The van der Waals surface area contributed by atoms with E-state index in [1.165, 1.54) is 37.7 Å². The number of hydrogen-bond acceptors (Lipinski definition) is 0. The van der Waals surface area contributed by atoms with Crippen molar-refractivity contribution >= 4 is 0 Å². The fraction of sp³-hybridized carbons (Fsp3) is 0.846. The average molecular weight is 202 g/mol. The summed E-state index contributed by atoms with van der Waals surface area (Å²) in [6.45, 7) is 12.8. The van der Waals surface area contributed by atoms with Gasteiger partial charge < -0.3 is 5.48 Å². The molecule has 0 aromatic carbocycles. The molecule has 0 bridgehead atoms. The normalized spacial score (nSPS) is 19.0. The van der Waals surface area contributed by atoms with Crippen molar-refractivity contribution in [3.05, 3.63) is 12.2 Å². The van der Waals surface area contributed by atoms with Gasteiger partial charge in [0.2, 0.25) is 0 Å². The van der Waals surface area contributed by atoms with Crippen LogP contribution in [0.4, 0.5) is 0 Å². The molecule has 2 N–H and O–H groups in total. The standard InChI is InChI=1S/C10H18.C2H6.CH4.H2O/c1-9-7-5-4-6-8-10(9,2)3;1-2;;/h1,4-8H2,2-3H3;1-2H3;1H4;1H2. The summed E-state index contributed by atoms with van der Waals surface area (Å²) in [4.78, 5) is 0. The summed E-state index contributed by atoms with van der Waals surface area (Å²) in [5, 5.41) is 0. The third-order valence-corrected chi connectivity index (χ3v) is 2.74. The summed E-state index contributed by atoms with van der Waals surface area (Å²) < 4.78 is 0. The van der Waals surface area contributed by atoms with Gasteiger partial charge in [-0.05, 0) is 24.7 Å². The van der Waals surface area contributed by atoms with Gasteiger partial charge in [-0.2, -0.15) is 0 Å². The molecular weight excluding hydrogens is 172 g/mol. The second-order valence-electron chi connectivity index (χ2n) is 4.05. The monoisotopic (exact) mass is 202 g/mol. The molecule has 1 aliphatic carbocycles. The highest BCUT2D eigenvalue weighted by Gasteiger charge is 2.22. The Morgan fingerprint density at radius 2 is 1.57 bits per heavy atom. The maximum Gasteiger partial charge on any atom is -0.0147 e. The van der Waals surface area contributed by atoms with Crippen LogP contribution in [-0.4, -0.2) is 5.48 Å². The fourth-order valence-corrected chi connectivity index (χ4v) is 1.60. The topological polar surface area (TPSA) is 31.5 Å². The van der Waals surface area contributed by atoms with Crippen LogP contribution in [0.25, 0.3) is 0 Å². The van der Waals surface area contributed by atoms with Crippen LogP contribution in [0.15, 0.2) is 12.2 Å². The molecule has 1 fully saturated rings. The highest BCUT2D eigenvalue weighted by atomic mass is 16.0. The molecule has 1 nitrogen and oxygen atoms in total. The van der Waals surface area contributed by atoms with Crippen LogP contribution in [0.2, 0.25) is 0 Å². The van der Waals surface area contributed by atoms with Crippen LogP contribution in [0, 0.1) is 5.41 Å². The molecule has 0 aromatic heterocycles. The minimum atomic E-state index is 0. The van der Waals surface area contributed by atoms with E-state index in [0.29, 0.717) is 5.41 Å². The van der Waals surface area contributed by atoms with E-state index in [-0.39, 0.29) is 12.9 Å². The molecule has 1 rings (SSSR count). The molecule has 0 saturated heterocycles. The zero-order valence-electron chi connectivity index (χ0n) is 9.74. The van der Waals surface area contributed by atoms with E-state index < -0.39 is 0 Å². The van der Waals surface area contributed by atoms with Crippen molar-refractivity contribution in [2.24, 2.45) is 5.41 Å². The summed E-state index contributed by atoms with van der Waals surface area (Å²) in [6.07, 6.45) is 6.76. The minimum absolute atomic E-state index is 0. The van der Waals surface area contributed by atoms with E-state index in [9.17, 15) is 0 Å². The van der Waals surface area contributed by atoms with Crippen LogP contribution in [0.3, 0.4) is 0 Å². The molecular formula is C13H30O. The quantitative estimate of drug-likeness (QED) is 0.412. The van der Waals surface area contributed by atoms with Gasteiger partial charge in [0.15, 0.2) is 0 Å². The molecule has 0 aromatic rings. The molecule has 1 saturated carbocycles. The lowest BCUT2D eigenvalue weighted by molar-refractivity contribution is 0.404. The van der Waals surface area contributed by atoms with Crippen molar-refractivity contribution in [1.29, 1.82) is 0 Å². The van der Waals surface area contributed by atoms with E-state index in [1.807, 2.05) is 13.8 Å². The Labute approximate surface area is 90.9 Å². The Kier molecular flexibility index (Phi) is 12.8. The molecule has 1 aliphatic rings. The summed E-state index contributed by atoms with van der Waals surface area (Å²) in [5.74, 6) is 0. The van der Waals surface area contributed by atoms with E-state index in [2.05, 4.69) is 20.4 Å². The molecule has 0 heterocycles. The number of allylic oxidation sites excluding steroid dienone is 1. The number of rotatable bonds is 0. The van der Waals surface area contributed by atoms with Gasteiger partial charge in [-0.15, -0.1) is 0 Å². The summed E-state index contributed by atoms with van der Waals surface area (Å²) >= 11 is 0. The first-order chi connectivity index (χ1) is 5.63. The zero-order valence-corrected chi connectivity index (χ0v) is 9.74. The van der Waals surface area contributed by atoms with Gasteiger partial charge in [0.05, 0.1) is 0 Å². The Balaban J connectivity index is -0.000000284. The lowest BCUT2D eigenvalue weighted by atomic mass is 9.81. The second-order valence-corrected chi connectivity index (χ2v) is 4.05. The molecule has 0 amide bonds. The predicted octanol–water partition coefficient (Wildman–Crippen LogP) is 4.37. The fourth-order valence-electron chi connectivity index (χ4n) is 1.60. The summed E-state index contributed by atoms with van der Waals surface area (Å²) in [5.41, 5.74) is 1.89. The Morgan fingerprint density at radius 1 is 1.07 bits per heavy atom. The SMILES string of the molecule is C.C=C1CCCCCC1(C)C.CC.O. The van der Waals surface area contributed by atoms with Crippen LogP contribution in [0.5, 0.6) is 0 Å². The minimum Gasteiger partial charge on any atom is -0.412 e. The molecule has 14 heavy (non-hydrogen) atoms. The molecule has 0 radical (unpaired) electrons. The van der Waals surface area contributed by atoms with Gasteiger partial charge in [-0.1, -0.05) is 60.1 Å². The first-order valence-corrected chi connectivity index (χ1v) is 5.31. The molecule has 0 spiro atoms. The van der Waals surface area contributed by atoms with E-state index in [1.54, 1.807) is 0 Å². The van der Waals surface area contributed by atoms with Crippen molar-refractivity contribution in [2.75, 3.05) is 0 Å². The highest BCUT2D eigenvalue weighted by molar-refractivity contribution is 5.07. The van der Waals surface area contributed by atoms with Crippen molar-refractivity contribution in [3.8, 4) is 0 Å². The first kappa shape index (κ1) is 19.3. The van der Waals surface area contributed by atoms with Crippen LogP contribution in [0.1, 0.15) is 67.2 Å². The maximum absolute atomic E-state index is 4.13. The smallest absolute Gasteiger partial charge is 0.0147 e. The molecule has 88 valence electrons. The van der Waals surface area contributed by atoms with E-state index in [0.717, 1.165) is 0 Å². The van der Waals surface area contributed by atoms with Gasteiger partial charge in [-0.25, -0.2) is 0 Å². The highest BCUT2D eigenvalue weighted by Crippen LogP contribution is 2.37. The second kappa shape index (κ2) is 9.26.